The Bertz CT molecular complexity index is 851. The number of amides is 1. The number of nitrogens with one attached hydrogen (secondary N) is 1. The van der Waals surface area contributed by atoms with Gasteiger partial charge in [-0.2, -0.15) is 8.75 Å². The van der Waals surface area contributed by atoms with E-state index in [4.69, 9.17) is 0 Å². The van der Waals surface area contributed by atoms with Gasteiger partial charge in [-0.3, -0.25) is 4.79 Å². The van der Waals surface area contributed by atoms with E-state index in [9.17, 15) is 4.79 Å². The first-order valence-corrected chi connectivity index (χ1v) is 9.39. The van der Waals surface area contributed by atoms with Crippen molar-refractivity contribution in [1.82, 2.24) is 8.75 Å². The fourth-order valence-corrected chi connectivity index (χ4v) is 3.54. The van der Waals surface area contributed by atoms with Gasteiger partial charge >= 0.3 is 0 Å². The van der Waals surface area contributed by atoms with Gasteiger partial charge < -0.3 is 5.32 Å². The largest absolute Gasteiger partial charge is 0.323 e. The predicted molar refractivity (Wildman–Crippen MR) is 102 cm³/mol. The van der Waals surface area contributed by atoms with Crippen LogP contribution in [0.25, 0.3) is 11.0 Å². The molecule has 0 aliphatic carbocycles. The first-order chi connectivity index (χ1) is 11.4. The van der Waals surface area contributed by atoms with Gasteiger partial charge in [0.25, 0.3) is 0 Å². The molecule has 0 aliphatic rings. The average Bonchev–Trinajstić information content (AvgIpc) is 3.02. The average molecular weight is 358 g/mol. The Hall–Kier alpha value is -1.92. The normalized spacial score (nSPS) is 11.6. The molecule has 1 aromatic heterocycles. The minimum Gasteiger partial charge on any atom is -0.323 e. The van der Waals surface area contributed by atoms with E-state index < -0.39 is 0 Å². The second-order valence-electron chi connectivity index (χ2n) is 6.55. The third kappa shape index (κ3) is 3.94. The smallest absolute Gasteiger partial charge is 0.234 e. The summed E-state index contributed by atoms with van der Waals surface area (Å²) in [5.74, 6) is 0.323. The summed E-state index contributed by atoms with van der Waals surface area (Å²) < 4.78 is 8.41. The summed E-state index contributed by atoms with van der Waals surface area (Å²) >= 11 is 2.68. The second-order valence-corrected chi connectivity index (χ2v) is 8.13. The quantitative estimate of drug-likeness (QED) is 0.687. The maximum absolute atomic E-state index is 12.2. The topological polar surface area (TPSA) is 54.9 Å². The molecule has 0 aliphatic heterocycles. The molecule has 1 N–H and O–H groups in total. The van der Waals surface area contributed by atoms with E-state index in [1.165, 1.54) is 17.3 Å². The van der Waals surface area contributed by atoms with Crippen LogP contribution in [0.3, 0.4) is 0 Å². The number of nitrogens with zero attached hydrogens (tertiary/aromatic N) is 2. The molecule has 124 valence electrons. The standard InChI is InChI=1S/C18H19N3OS2/c1-18(2,3)12-7-9-13(10-8-12)23-11-16(22)19-14-5-4-6-15-17(14)21-24-20-15/h4-10H,11H2,1-3H3,(H,19,22). The van der Waals surface area contributed by atoms with Gasteiger partial charge in [0.2, 0.25) is 5.91 Å². The Morgan fingerprint density at radius 2 is 1.88 bits per heavy atom. The number of aromatic nitrogens is 2. The molecule has 1 heterocycles. The summed E-state index contributed by atoms with van der Waals surface area (Å²) in [7, 11) is 0. The number of anilines is 1. The van der Waals surface area contributed by atoms with E-state index in [2.05, 4.69) is 59.1 Å². The molecule has 0 radical (unpaired) electrons. The van der Waals surface area contributed by atoms with Gasteiger partial charge in [-0.15, -0.1) is 11.8 Å². The van der Waals surface area contributed by atoms with E-state index in [-0.39, 0.29) is 11.3 Å². The Kier molecular flexibility index (Phi) is 4.87. The Morgan fingerprint density at radius 1 is 1.12 bits per heavy atom. The first-order valence-electron chi connectivity index (χ1n) is 7.68. The summed E-state index contributed by atoms with van der Waals surface area (Å²) in [4.78, 5) is 13.3. The number of fused-ring (bicyclic) bond motifs is 1. The third-order valence-corrected chi connectivity index (χ3v) is 5.20. The van der Waals surface area contributed by atoms with Gasteiger partial charge in [-0.05, 0) is 35.2 Å². The van der Waals surface area contributed by atoms with Gasteiger partial charge in [-0.25, -0.2) is 0 Å². The van der Waals surface area contributed by atoms with Gasteiger partial charge in [0.05, 0.1) is 23.2 Å². The molecule has 0 atom stereocenters. The Morgan fingerprint density at radius 3 is 2.58 bits per heavy atom. The van der Waals surface area contributed by atoms with Crippen LogP contribution in [0.1, 0.15) is 26.3 Å². The molecule has 0 bridgehead atoms. The second kappa shape index (κ2) is 6.91. The maximum atomic E-state index is 12.2. The van der Waals surface area contributed by atoms with Crippen LogP contribution >= 0.6 is 23.5 Å². The molecule has 0 spiro atoms. The molecule has 3 rings (SSSR count). The van der Waals surface area contributed by atoms with Gasteiger partial charge in [0.1, 0.15) is 11.0 Å². The summed E-state index contributed by atoms with van der Waals surface area (Å²) in [5, 5.41) is 2.92. The highest BCUT2D eigenvalue weighted by Crippen LogP contribution is 2.26. The number of rotatable bonds is 4. The molecule has 0 unspecified atom stereocenters. The zero-order valence-electron chi connectivity index (χ0n) is 13.9. The molecule has 3 aromatic rings. The van der Waals surface area contributed by atoms with Crippen molar-refractivity contribution < 1.29 is 4.79 Å². The van der Waals surface area contributed by atoms with Crippen molar-refractivity contribution in [3.63, 3.8) is 0 Å². The summed E-state index contributed by atoms with van der Waals surface area (Å²) in [5.41, 5.74) is 3.70. The lowest BCUT2D eigenvalue weighted by atomic mass is 9.87. The van der Waals surface area contributed by atoms with Crippen LogP contribution in [-0.2, 0) is 10.2 Å². The fraction of sp³-hybridized carbons (Fsp3) is 0.278. The number of benzene rings is 2. The maximum Gasteiger partial charge on any atom is 0.234 e. The summed E-state index contributed by atoms with van der Waals surface area (Å²) in [6.07, 6.45) is 0. The van der Waals surface area contributed by atoms with Crippen molar-refractivity contribution in [1.29, 1.82) is 0 Å². The fourth-order valence-electron chi connectivity index (χ4n) is 2.29. The van der Waals surface area contributed by atoms with Crippen LogP contribution in [0.4, 0.5) is 5.69 Å². The third-order valence-electron chi connectivity index (χ3n) is 3.65. The number of carbonyl (C=O) groups is 1. The minimum absolute atomic E-state index is 0.0413. The SMILES string of the molecule is CC(C)(C)c1ccc(SCC(=O)Nc2cccc3nsnc23)cc1. The van der Waals surface area contributed by atoms with E-state index in [1.54, 1.807) is 0 Å². The number of thioether (sulfide) groups is 1. The number of hydrogen-bond donors (Lipinski definition) is 1. The zero-order valence-corrected chi connectivity index (χ0v) is 15.5. The van der Waals surface area contributed by atoms with Gasteiger partial charge in [0.15, 0.2) is 0 Å². The van der Waals surface area contributed by atoms with Crippen LogP contribution in [0, 0.1) is 0 Å². The lowest BCUT2D eigenvalue weighted by Crippen LogP contribution is -2.14. The molecule has 1 amide bonds. The molecule has 0 saturated carbocycles. The van der Waals surface area contributed by atoms with Crippen molar-refractivity contribution in [2.24, 2.45) is 0 Å². The van der Waals surface area contributed by atoms with Crippen molar-refractivity contribution in [2.45, 2.75) is 31.1 Å². The number of carbonyl (C=O) groups excluding carboxylic acids is 1. The lowest BCUT2D eigenvalue weighted by molar-refractivity contribution is -0.113. The van der Waals surface area contributed by atoms with Crippen molar-refractivity contribution >= 4 is 46.1 Å². The van der Waals surface area contributed by atoms with Crippen molar-refractivity contribution in [3.05, 3.63) is 48.0 Å². The zero-order chi connectivity index (χ0) is 17.2. The molecule has 2 aromatic carbocycles. The van der Waals surface area contributed by atoms with Crippen LogP contribution in [0.15, 0.2) is 47.4 Å². The summed E-state index contributed by atoms with van der Waals surface area (Å²) in [6, 6.07) is 14.0. The van der Waals surface area contributed by atoms with Crippen LogP contribution in [0.5, 0.6) is 0 Å². The Labute approximate surface area is 150 Å². The molecule has 0 fully saturated rings. The molecule has 6 heteroatoms. The molecule has 0 saturated heterocycles. The highest BCUT2D eigenvalue weighted by molar-refractivity contribution is 8.00. The summed E-state index contributed by atoms with van der Waals surface area (Å²) in [6.45, 7) is 6.57. The molecule has 4 nitrogen and oxygen atoms in total. The van der Waals surface area contributed by atoms with Crippen LogP contribution < -0.4 is 5.32 Å². The molecule has 24 heavy (non-hydrogen) atoms. The van der Waals surface area contributed by atoms with Crippen LogP contribution in [-0.4, -0.2) is 20.4 Å². The highest BCUT2D eigenvalue weighted by atomic mass is 32.2. The highest BCUT2D eigenvalue weighted by Gasteiger charge is 2.13. The van der Waals surface area contributed by atoms with E-state index in [1.807, 2.05) is 18.2 Å². The van der Waals surface area contributed by atoms with Gasteiger partial charge in [0, 0.05) is 4.90 Å². The van der Waals surface area contributed by atoms with Crippen molar-refractivity contribution in [2.75, 3.05) is 11.1 Å². The first kappa shape index (κ1) is 16.9. The number of hydrogen-bond acceptors (Lipinski definition) is 5. The molecular weight excluding hydrogens is 338 g/mol. The van der Waals surface area contributed by atoms with Crippen molar-refractivity contribution in [3.8, 4) is 0 Å². The van der Waals surface area contributed by atoms with E-state index in [0.29, 0.717) is 5.75 Å². The lowest BCUT2D eigenvalue weighted by Gasteiger charge is -2.19. The molecular formula is C18H19N3OS2. The van der Waals surface area contributed by atoms with E-state index in [0.717, 1.165) is 33.3 Å². The minimum atomic E-state index is -0.0413. The van der Waals surface area contributed by atoms with E-state index >= 15 is 0 Å². The van der Waals surface area contributed by atoms with Crippen LogP contribution in [0.2, 0.25) is 0 Å². The van der Waals surface area contributed by atoms with Gasteiger partial charge in [-0.1, -0.05) is 39.0 Å². The predicted octanol–water partition coefficient (Wildman–Crippen LogP) is 4.72. The Balaban J connectivity index is 1.61. The monoisotopic (exact) mass is 357 g/mol.